The van der Waals surface area contributed by atoms with Gasteiger partial charge in [-0.05, 0) is 12.8 Å². The largest absolute Gasteiger partial charge is 0.461 e. The van der Waals surface area contributed by atoms with E-state index in [9.17, 15) is 14.4 Å². The summed E-state index contributed by atoms with van der Waals surface area (Å²) in [7, 11) is 0. The lowest BCUT2D eigenvalue weighted by Gasteiger charge is -2.07. The Hall–Kier alpha value is -1.96. The molecule has 0 bridgehead atoms. The lowest BCUT2D eigenvalue weighted by atomic mass is 10.2. The van der Waals surface area contributed by atoms with E-state index in [1.807, 2.05) is 13.8 Å². The van der Waals surface area contributed by atoms with Gasteiger partial charge < -0.3 is 15.4 Å². The van der Waals surface area contributed by atoms with Gasteiger partial charge in [0.25, 0.3) is 5.91 Å². The molecule has 7 nitrogen and oxygen atoms in total. The summed E-state index contributed by atoms with van der Waals surface area (Å²) >= 11 is 1.03. The summed E-state index contributed by atoms with van der Waals surface area (Å²) < 4.78 is 4.79. The quantitative estimate of drug-likeness (QED) is 0.726. The zero-order valence-electron chi connectivity index (χ0n) is 12.3. The molecule has 0 unspecified atom stereocenters. The van der Waals surface area contributed by atoms with Crippen molar-refractivity contribution in [1.29, 1.82) is 0 Å². The first-order valence-electron chi connectivity index (χ1n) is 6.61. The van der Waals surface area contributed by atoms with Crippen molar-refractivity contribution < 1.29 is 19.1 Å². The SMILES string of the molecule is CCOC(=O)c1nc(C(=O)NCC(=O)NCC(C)C)cs1. The summed E-state index contributed by atoms with van der Waals surface area (Å²) in [5.74, 6) is -0.981. The monoisotopic (exact) mass is 313 g/mol. The van der Waals surface area contributed by atoms with Crippen molar-refractivity contribution in [3.8, 4) is 0 Å². The summed E-state index contributed by atoms with van der Waals surface area (Å²) in [6.07, 6.45) is 0. The van der Waals surface area contributed by atoms with E-state index in [0.717, 1.165) is 11.3 Å². The van der Waals surface area contributed by atoms with Crippen LogP contribution < -0.4 is 10.6 Å². The Bertz CT molecular complexity index is 513. The number of thiazole rings is 1. The van der Waals surface area contributed by atoms with Gasteiger partial charge >= 0.3 is 5.97 Å². The van der Waals surface area contributed by atoms with Crippen molar-refractivity contribution in [2.75, 3.05) is 19.7 Å². The average Bonchev–Trinajstić information content (AvgIpc) is 2.92. The summed E-state index contributed by atoms with van der Waals surface area (Å²) in [4.78, 5) is 38.6. The van der Waals surface area contributed by atoms with Gasteiger partial charge in [-0.25, -0.2) is 9.78 Å². The van der Waals surface area contributed by atoms with Crippen LogP contribution in [0.4, 0.5) is 0 Å². The van der Waals surface area contributed by atoms with Crippen LogP contribution >= 0.6 is 11.3 Å². The van der Waals surface area contributed by atoms with Crippen LogP contribution in [0.2, 0.25) is 0 Å². The fraction of sp³-hybridized carbons (Fsp3) is 0.538. The highest BCUT2D eigenvalue weighted by Crippen LogP contribution is 2.10. The van der Waals surface area contributed by atoms with Crippen molar-refractivity contribution in [3.05, 3.63) is 16.1 Å². The van der Waals surface area contributed by atoms with Crippen LogP contribution in [-0.2, 0) is 9.53 Å². The number of carbonyl (C=O) groups is 3. The molecule has 0 atom stereocenters. The van der Waals surface area contributed by atoms with Crippen molar-refractivity contribution in [2.45, 2.75) is 20.8 Å². The fourth-order valence-corrected chi connectivity index (χ4v) is 1.99. The molecule has 8 heteroatoms. The van der Waals surface area contributed by atoms with E-state index < -0.39 is 11.9 Å². The van der Waals surface area contributed by atoms with E-state index in [-0.39, 0.29) is 29.8 Å². The molecular formula is C13H19N3O4S. The first-order valence-corrected chi connectivity index (χ1v) is 7.49. The van der Waals surface area contributed by atoms with E-state index in [0.29, 0.717) is 12.5 Å². The molecule has 0 radical (unpaired) electrons. The van der Waals surface area contributed by atoms with Crippen molar-refractivity contribution >= 4 is 29.1 Å². The second-order valence-corrected chi connectivity index (χ2v) is 5.50. The Kier molecular flexibility index (Phi) is 6.80. The molecule has 1 aromatic rings. The topological polar surface area (TPSA) is 97.4 Å². The van der Waals surface area contributed by atoms with Gasteiger partial charge in [0.2, 0.25) is 10.9 Å². The third kappa shape index (κ3) is 5.90. The smallest absolute Gasteiger partial charge is 0.367 e. The Labute approximate surface area is 127 Å². The Balaban J connectivity index is 2.45. The third-order valence-electron chi connectivity index (χ3n) is 2.30. The summed E-state index contributed by atoms with van der Waals surface area (Å²) in [5, 5.41) is 6.70. The highest BCUT2D eigenvalue weighted by molar-refractivity contribution is 7.11. The van der Waals surface area contributed by atoms with Crippen molar-refractivity contribution in [1.82, 2.24) is 15.6 Å². The predicted octanol–water partition coefficient (Wildman–Crippen LogP) is 0.822. The van der Waals surface area contributed by atoms with Gasteiger partial charge in [0.05, 0.1) is 13.2 Å². The molecule has 0 spiro atoms. The molecule has 0 fully saturated rings. The fourth-order valence-electron chi connectivity index (χ4n) is 1.30. The Morgan fingerprint density at radius 1 is 1.33 bits per heavy atom. The number of carbonyl (C=O) groups excluding carboxylic acids is 3. The summed E-state index contributed by atoms with van der Waals surface area (Å²) in [6.45, 7) is 6.32. The molecule has 2 N–H and O–H groups in total. The first kappa shape index (κ1) is 17.1. The average molecular weight is 313 g/mol. The van der Waals surface area contributed by atoms with E-state index in [2.05, 4.69) is 15.6 Å². The molecule has 0 aliphatic rings. The normalized spacial score (nSPS) is 10.3. The molecule has 0 saturated carbocycles. The van der Waals surface area contributed by atoms with Gasteiger partial charge in [0.15, 0.2) is 0 Å². The zero-order chi connectivity index (χ0) is 15.8. The number of hydrogen-bond donors (Lipinski definition) is 2. The van der Waals surface area contributed by atoms with E-state index in [1.165, 1.54) is 5.38 Å². The first-order chi connectivity index (χ1) is 9.93. The minimum Gasteiger partial charge on any atom is -0.461 e. The number of esters is 1. The number of rotatable bonds is 7. The molecule has 1 rings (SSSR count). The van der Waals surface area contributed by atoms with Crippen LogP contribution in [0.5, 0.6) is 0 Å². The molecule has 116 valence electrons. The number of amides is 2. The highest BCUT2D eigenvalue weighted by atomic mass is 32.1. The maximum atomic E-state index is 11.8. The standard InChI is InChI=1S/C13H19N3O4S/c1-4-20-13(19)12-16-9(7-21-12)11(18)15-6-10(17)14-5-8(2)3/h7-8H,4-6H2,1-3H3,(H,14,17)(H,15,18). The summed E-state index contributed by atoms with van der Waals surface area (Å²) in [5.41, 5.74) is 0.0970. The number of nitrogens with zero attached hydrogens (tertiary/aromatic N) is 1. The van der Waals surface area contributed by atoms with Crippen LogP contribution in [0, 0.1) is 5.92 Å². The van der Waals surface area contributed by atoms with Crippen molar-refractivity contribution in [3.63, 3.8) is 0 Å². The number of hydrogen-bond acceptors (Lipinski definition) is 6. The van der Waals surface area contributed by atoms with Crippen LogP contribution in [0.15, 0.2) is 5.38 Å². The lowest BCUT2D eigenvalue weighted by Crippen LogP contribution is -2.38. The van der Waals surface area contributed by atoms with Gasteiger partial charge in [-0.2, -0.15) is 0 Å². The van der Waals surface area contributed by atoms with Gasteiger partial charge in [0, 0.05) is 11.9 Å². The second kappa shape index (κ2) is 8.35. The van der Waals surface area contributed by atoms with Crippen LogP contribution in [-0.4, -0.2) is 42.5 Å². The van der Waals surface area contributed by atoms with E-state index >= 15 is 0 Å². The van der Waals surface area contributed by atoms with Gasteiger partial charge in [-0.15, -0.1) is 11.3 Å². The number of aromatic nitrogens is 1. The third-order valence-corrected chi connectivity index (χ3v) is 3.13. The molecule has 1 aromatic heterocycles. The molecule has 0 aliphatic carbocycles. The second-order valence-electron chi connectivity index (χ2n) is 4.64. The van der Waals surface area contributed by atoms with Gasteiger partial charge in [-0.3, -0.25) is 9.59 Å². The van der Waals surface area contributed by atoms with Crippen molar-refractivity contribution in [2.24, 2.45) is 5.92 Å². The molecule has 0 saturated heterocycles. The molecule has 0 aromatic carbocycles. The molecule has 21 heavy (non-hydrogen) atoms. The summed E-state index contributed by atoms with van der Waals surface area (Å²) in [6, 6.07) is 0. The zero-order valence-corrected chi connectivity index (χ0v) is 13.1. The van der Waals surface area contributed by atoms with Crippen LogP contribution in [0.1, 0.15) is 41.1 Å². The van der Waals surface area contributed by atoms with Crippen LogP contribution in [0.25, 0.3) is 0 Å². The minimum atomic E-state index is -0.559. The Morgan fingerprint density at radius 3 is 2.67 bits per heavy atom. The lowest BCUT2D eigenvalue weighted by molar-refractivity contribution is -0.120. The molecule has 0 aliphatic heterocycles. The minimum absolute atomic E-state index is 0.0970. The Morgan fingerprint density at radius 2 is 2.05 bits per heavy atom. The number of nitrogens with one attached hydrogen (secondary N) is 2. The van der Waals surface area contributed by atoms with E-state index in [4.69, 9.17) is 4.74 Å². The number of ether oxygens (including phenoxy) is 1. The molecule has 1 heterocycles. The molecular weight excluding hydrogens is 294 g/mol. The maximum absolute atomic E-state index is 11.8. The molecule has 2 amide bonds. The maximum Gasteiger partial charge on any atom is 0.367 e. The van der Waals surface area contributed by atoms with Gasteiger partial charge in [-0.1, -0.05) is 13.8 Å². The van der Waals surface area contributed by atoms with Gasteiger partial charge in [0.1, 0.15) is 5.69 Å². The van der Waals surface area contributed by atoms with E-state index in [1.54, 1.807) is 6.92 Å². The van der Waals surface area contributed by atoms with Crippen LogP contribution in [0.3, 0.4) is 0 Å². The highest BCUT2D eigenvalue weighted by Gasteiger charge is 2.16. The predicted molar refractivity (Wildman–Crippen MR) is 78.3 cm³/mol.